The molecular weight excluding hydrogens is 364 g/mol. The monoisotopic (exact) mass is 379 g/mol. The van der Waals surface area contributed by atoms with Gasteiger partial charge in [-0.2, -0.15) is 0 Å². The maximum Gasteiger partial charge on any atom is 0.339 e. The molecule has 3 aromatic rings. The largest absolute Gasteiger partial charge is 0.454 e. The van der Waals surface area contributed by atoms with E-state index in [9.17, 15) is 18.4 Å². The van der Waals surface area contributed by atoms with Gasteiger partial charge in [-0.25, -0.2) is 13.6 Å². The summed E-state index contributed by atoms with van der Waals surface area (Å²) in [5, 5.41) is 2.69. The standard InChI is InChI=1S/C22H15F2NO3/c23-16-4-1-13(2-5-16)20-12-15-11-14(3-10-19(15)22(27)28-20)21(26)25-18-8-6-17(24)7-9-18/h1-11,20H,12H2,(H,25,26). The van der Waals surface area contributed by atoms with Crippen LogP contribution >= 0.6 is 0 Å². The molecule has 0 spiro atoms. The number of cyclic esters (lactones) is 1. The molecule has 1 aliphatic heterocycles. The van der Waals surface area contributed by atoms with Crippen LogP contribution < -0.4 is 5.32 Å². The summed E-state index contributed by atoms with van der Waals surface area (Å²) >= 11 is 0. The van der Waals surface area contributed by atoms with E-state index < -0.39 is 17.9 Å². The van der Waals surface area contributed by atoms with E-state index in [1.54, 1.807) is 24.3 Å². The molecule has 1 unspecified atom stereocenters. The first kappa shape index (κ1) is 17.9. The number of carbonyl (C=O) groups excluding carboxylic acids is 2. The van der Waals surface area contributed by atoms with E-state index in [4.69, 9.17) is 4.74 Å². The van der Waals surface area contributed by atoms with Gasteiger partial charge in [0.2, 0.25) is 0 Å². The number of amides is 1. The molecule has 1 amide bonds. The highest BCUT2D eigenvalue weighted by Gasteiger charge is 2.28. The summed E-state index contributed by atoms with van der Waals surface area (Å²) in [6.45, 7) is 0. The molecule has 0 saturated carbocycles. The maximum atomic E-state index is 13.1. The number of fused-ring (bicyclic) bond motifs is 1. The second-order valence-electron chi connectivity index (χ2n) is 6.48. The van der Waals surface area contributed by atoms with Crippen molar-refractivity contribution in [2.24, 2.45) is 0 Å². The molecule has 0 fully saturated rings. The third kappa shape index (κ3) is 3.62. The van der Waals surface area contributed by atoms with Crippen molar-refractivity contribution in [3.05, 3.63) is 101 Å². The van der Waals surface area contributed by atoms with Gasteiger partial charge in [-0.3, -0.25) is 4.79 Å². The Morgan fingerprint density at radius 3 is 2.25 bits per heavy atom. The van der Waals surface area contributed by atoms with Gasteiger partial charge in [-0.1, -0.05) is 12.1 Å². The molecule has 0 saturated heterocycles. The van der Waals surface area contributed by atoms with Gasteiger partial charge in [0.05, 0.1) is 5.56 Å². The van der Waals surface area contributed by atoms with Gasteiger partial charge in [-0.15, -0.1) is 0 Å². The lowest BCUT2D eigenvalue weighted by atomic mass is 9.93. The minimum absolute atomic E-state index is 0.369. The van der Waals surface area contributed by atoms with E-state index in [0.29, 0.717) is 34.4 Å². The quantitative estimate of drug-likeness (QED) is 0.673. The number of nitrogens with one attached hydrogen (secondary N) is 1. The normalized spacial score (nSPS) is 15.5. The van der Waals surface area contributed by atoms with E-state index in [1.807, 2.05) is 0 Å². The SMILES string of the molecule is O=C(Nc1ccc(F)cc1)c1ccc2c(c1)CC(c1ccc(F)cc1)OC2=O. The zero-order valence-corrected chi connectivity index (χ0v) is 14.6. The molecule has 28 heavy (non-hydrogen) atoms. The van der Waals surface area contributed by atoms with Gasteiger partial charge in [0.15, 0.2) is 0 Å². The van der Waals surface area contributed by atoms with E-state index in [2.05, 4.69) is 5.32 Å². The third-order valence-corrected chi connectivity index (χ3v) is 4.59. The van der Waals surface area contributed by atoms with E-state index in [-0.39, 0.29) is 11.7 Å². The zero-order chi connectivity index (χ0) is 19.7. The van der Waals surface area contributed by atoms with Crippen LogP contribution in [0.3, 0.4) is 0 Å². The van der Waals surface area contributed by atoms with Gasteiger partial charge in [0.1, 0.15) is 17.7 Å². The summed E-state index contributed by atoms with van der Waals surface area (Å²) in [7, 11) is 0. The lowest BCUT2D eigenvalue weighted by Gasteiger charge is -2.25. The van der Waals surface area contributed by atoms with E-state index >= 15 is 0 Å². The number of benzene rings is 3. The molecule has 1 aliphatic rings. The Morgan fingerprint density at radius 1 is 0.929 bits per heavy atom. The summed E-state index contributed by atoms with van der Waals surface area (Å²) in [5.41, 5.74) is 2.60. The number of esters is 1. The summed E-state index contributed by atoms with van der Waals surface area (Å²) in [6, 6.07) is 15.9. The summed E-state index contributed by atoms with van der Waals surface area (Å²) in [6.07, 6.45) is -0.166. The zero-order valence-electron chi connectivity index (χ0n) is 14.6. The van der Waals surface area contributed by atoms with Crippen molar-refractivity contribution < 1.29 is 23.1 Å². The van der Waals surface area contributed by atoms with Crippen molar-refractivity contribution in [3.8, 4) is 0 Å². The van der Waals surface area contributed by atoms with Crippen molar-refractivity contribution in [2.45, 2.75) is 12.5 Å². The van der Waals surface area contributed by atoms with Crippen molar-refractivity contribution in [2.75, 3.05) is 5.32 Å². The molecule has 140 valence electrons. The van der Waals surface area contributed by atoms with Crippen LogP contribution in [0, 0.1) is 11.6 Å². The Hall–Kier alpha value is -3.54. The fourth-order valence-electron chi connectivity index (χ4n) is 3.14. The molecule has 3 aromatic carbocycles. The van der Waals surface area contributed by atoms with Crippen molar-refractivity contribution >= 4 is 17.6 Å². The molecule has 0 radical (unpaired) electrons. The number of halogens is 2. The highest BCUT2D eigenvalue weighted by atomic mass is 19.1. The van der Waals surface area contributed by atoms with Gasteiger partial charge < -0.3 is 10.1 Å². The van der Waals surface area contributed by atoms with E-state index in [1.165, 1.54) is 42.5 Å². The molecule has 1 N–H and O–H groups in total. The second-order valence-corrected chi connectivity index (χ2v) is 6.48. The average molecular weight is 379 g/mol. The molecule has 4 nitrogen and oxygen atoms in total. The Labute approximate surface area is 159 Å². The Bertz CT molecular complexity index is 1050. The maximum absolute atomic E-state index is 13.1. The topological polar surface area (TPSA) is 55.4 Å². The Balaban J connectivity index is 1.57. The molecular formula is C22H15F2NO3. The van der Waals surface area contributed by atoms with Crippen molar-refractivity contribution in [3.63, 3.8) is 0 Å². The number of anilines is 1. The molecule has 0 bridgehead atoms. The van der Waals surface area contributed by atoms with Gasteiger partial charge in [-0.05, 0) is 65.7 Å². The summed E-state index contributed by atoms with van der Waals surface area (Å²) in [4.78, 5) is 24.8. The molecule has 1 atom stereocenters. The number of hydrogen-bond acceptors (Lipinski definition) is 3. The van der Waals surface area contributed by atoms with Gasteiger partial charge >= 0.3 is 5.97 Å². The molecule has 0 aromatic heterocycles. The van der Waals surface area contributed by atoms with Crippen LogP contribution in [0.1, 0.15) is 37.9 Å². The van der Waals surface area contributed by atoms with Crippen molar-refractivity contribution in [1.82, 2.24) is 0 Å². The van der Waals surface area contributed by atoms with Crippen LogP contribution in [0.15, 0.2) is 66.7 Å². The smallest absolute Gasteiger partial charge is 0.339 e. The number of ether oxygens (including phenoxy) is 1. The molecule has 1 heterocycles. The first-order chi connectivity index (χ1) is 13.5. The molecule has 6 heteroatoms. The predicted octanol–water partition coefficient (Wildman–Crippen LogP) is 4.67. The third-order valence-electron chi connectivity index (χ3n) is 4.59. The summed E-state index contributed by atoms with van der Waals surface area (Å²) in [5.74, 6) is -1.61. The molecule has 4 rings (SSSR count). The lowest BCUT2D eigenvalue weighted by molar-refractivity contribution is 0.0252. The number of rotatable bonds is 3. The van der Waals surface area contributed by atoms with Gasteiger partial charge in [0.25, 0.3) is 5.91 Å². The highest BCUT2D eigenvalue weighted by Crippen LogP contribution is 2.31. The van der Waals surface area contributed by atoms with Crippen LogP contribution in [0.2, 0.25) is 0 Å². The predicted molar refractivity (Wildman–Crippen MR) is 99.1 cm³/mol. The highest BCUT2D eigenvalue weighted by molar-refractivity contribution is 6.05. The van der Waals surface area contributed by atoms with Crippen LogP contribution in [-0.4, -0.2) is 11.9 Å². The fourth-order valence-corrected chi connectivity index (χ4v) is 3.14. The first-order valence-electron chi connectivity index (χ1n) is 8.66. The minimum Gasteiger partial charge on any atom is -0.454 e. The lowest BCUT2D eigenvalue weighted by Crippen LogP contribution is -2.23. The van der Waals surface area contributed by atoms with Crippen LogP contribution in [-0.2, 0) is 11.2 Å². The minimum atomic E-state index is -0.545. The van der Waals surface area contributed by atoms with Gasteiger partial charge in [0, 0.05) is 17.7 Å². The van der Waals surface area contributed by atoms with Crippen molar-refractivity contribution in [1.29, 1.82) is 0 Å². The van der Waals surface area contributed by atoms with Crippen LogP contribution in [0.25, 0.3) is 0 Å². The fraction of sp³-hybridized carbons (Fsp3) is 0.0909. The Kier molecular flexibility index (Phi) is 4.61. The van der Waals surface area contributed by atoms with Crippen LogP contribution in [0.4, 0.5) is 14.5 Å². The average Bonchev–Trinajstić information content (AvgIpc) is 2.69. The van der Waals surface area contributed by atoms with E-state index in [0.717, 1.165) is 0 Å². The Morgan fingerprint density at radius 2 is 1.57 bits per heavy atom. The second kappa shape index (κ2) is 7.23. The number of carbonyl (C=O) groups is 2. The first-order valence-corrected chi connectivity index (χ1v) is 8.66. The number of hydrogen-bond donors (Lipinski definition) is 1. The molecule has 0 aliphatic carbocycles. The summed E-state index contributed by atoms with van der Waals surface area (Å²) < 4.78 is 31.6. The van der Waals surface area contributed by atoms with Crippen LogP contribution in [0.5, 0.6) is 0 Å².